The van der Waals surface area contributed by atoms with Gasteiger partial charge in [0.25, 0.3) is 0 Å². The summed E-state index contributed by atoms with van der Waals surface area (Å²) in [5, 5.41) is 10.8. The van der Waals surface area contributed by atoms with Crippen LogP contribution in [0, 0.1) is 0 Å². The summed E-state index contributed by atoms with van der Waals surface area (Å²) < 4.78 is 5.39. The van der Waals surface area contributed by atoms with Crippen molar-refractivity contribution in [3.8, 4) is 22.6 Å². The summed E-state index contributed by atoms with van der Waals surface area (Å²) >= 11 is 0. The van der Waals surface area contributed by atoms with Gasteiger partial charge in [0.15, 0.2) is 0 Å². The van der Waals surface area contributed by atoms with E-state index in [1.54, 1.807) is 13.2 Å². The first-order valence-corrected chi connectivity index (χ1v) is 8.70. The molecule has 2 rings (SSSR count). The van der Waals surface area contributed by atoms with Crippen molar-refractivity contribution < 1.29 is 9.84 Å². The number of aromatic hydroxyl groups is 1. The zero-order valence-corrected chi connectivity index (χ0v) is 15.8. The van der Waals surface area contributed by atoms with E-state index in [-0.39, 0.29) is 11.7 Å². The van der Waals surface area contributed by atoms with Crippen LogP contribution >= 0.6 is 0 Å². The number of phenols is 1. The van der Waals surface area contributed by atoms with Crippen LogP contribution in [0.4, 0.5) is 0 Å². The maximum atomic E-state index is 10.8. The molecule has 0 aliphatic rings. The lowest BCUT2D eigenvalue weighted by Gasteiger charge is -2.23. The molecule has 0 aliphatic carbocycles. The minimum Gasteiger partial charge on any atom is -0.507 e. The van der Waals surface area contributed by atoms with Crippen molar-refractivity contribution in [3.63, 3.8) is 0 Å². The Kier molecular flexibility index (Phi) is 6.46. The third-order valence-corrected chi connectivity index (χ3v) is 4.57. The van der Waals surface area contributed by atoms with Crippen molar-refractivity contribution in [1.29, 1.82) is 0 Å². The van der Waals surface area contributed by atoms with Gasteiger partial charge in [-0.15, -0.1) is 0 Å². The molecule has 0 aromatic heterocycles. The summed E-state index contributed by atoms with van der Waals surface area (Å²) in [6.45, 7) is 8.39. The zero-order valence-electron chi connectivity index (χ0n) is 15.8. The molecule has 1 unspecified atom stereocenters. The highest BCUT2D eigenvalue weighted by molar-refractivity contribution is 5.73. The first-order valence-electron chi connectivity index (χ1n) is 8.70. The van der Waals surface area contributed by atoms with Crippen LogP contribution in [0.2, 0.25) is 0 Å². The molecular weight excluding hydrogens is 308 g/mol. The van der Waals surface area contributed by atoms with Gasteiger partial charge in [0.2, 0.25) is 0 Å². The number of rotatable bonds is 6. The monoisotopic (exact) mass is 336 g/mol. The van der Waals surface area contributed by atoms with Crippen molar-refractivity contribution in [3.05, 3.63) is 71.3 Å². The molecule has 0 radical (unpaired) electrons. The average molecular weight is 336 g/mol. The summed E-state index contributed by atoms with van der Waals surface area (Å²) in [7, 11) is 1.63. The van der Waals surface area contributed by atoms with Gasteiger partial charge in [-0.25, -0.2) is 0 Å². The highest BCUT2D eigenvalue weighted by Gasteiger charge is 2.22. The Morgan fingerprint density at radius 3 is 2.36 bits per heavy atom. The molecule has 2 heteroatoms. The van der Waals surface area contributed by atoms with Gasteiger partial charge in [0.05, 0.1) is 7.11 Å². The largest absolute Gasteiger partial charge is 0.507 e. The SMILES string of the molecule is CC=C(C)C(CC=C(C)C)c1c(O)cc(OC)cc1-c1ccccc1. The molecule has 1 atom stereocenters. The second kappa shape index (κ2) is 8.57. The van der Waals surface area contributed by atoms with Crippen LogP contribution < -0.4 is 4.74 Å². The van der Waals surface area contributed by atoms with Crippen molar-refractivity contribution >= 4 is 0 Å². The number of hydrogen-bond donors (Lipinski definition) is 1. The zero-order chi connectivity index (χ0) is 18.4. The smallest absolute Gasteiger partial charge is 0.123 e. The lowest BCUT2D eigenvalue weighted by molar-refractivity contribution is 0.406. The fourth-order valence-corrected chi connectivity index (χ4v) is 3.04. The van der Waals surface area contributed by atoms with E-state index in [4.69, 9.17) is 4.74 Å². The maximum Gasteiger partial charge on any atom is 0.123 e. The van der Waals surface area contributed by atoms with Crippen LogP contribution in [-0.4, -0.2) is 12.2 Å². The van der Waals surface area contributed by atoms with Crippen LogP contribution in [-0.2, 0) is 0 Å². The molecule has 0 fully saturated rings. The third-order valence-electron chi connectivity index (χ3n) is 4.57. The van der Waals surface area contributed by atoms with E-state index in [1.807, 2.05) is 31.2 Å². The molecule has 0 aliphatic heterocycles. The molecule has 0 amide bonds. The molecule has 0 bridgehead atoms. The van der Waals surface area contributed by atoms with E-state index < -0.39 is 0 Å². The van der Waals surface area contributed by atoms with Gasteiger partial charge in [-0.2, -0.15) is 0 Å². The minimum atomic E-state index is 0.126. The molecule has 2 nitrogen and oxygen atoms in total. The Morgan fingerprint density at radius 2 is 1.80 bits per heavy atom. The van der Waals surface area contributed by atoms with E-state index in [0.717, 1.165) is 23.1 Å². The highest BCUT2D eigenvalue weighted by Crippen LogP contribution is 2.43. The number of phenolic OH excluding ortho intramolecular Hbond substituents is 1. The molecule has 0 heterocycles. The second-order valence-electron chi connectivity index (χ2n) is 6.58. The van der Waals surface area contributed by atoms with Gasteiger partial charge in [-0.05, 0) is 51.3 Å². The predicted octanol–water partition coefficient (Wildman–Crippen LogP) is 6.47. The fraction of sp³-hybridized carbons (Fsp3) is 0.304. The quantitative estimate of drug-likeness (QED) is 0.612. The summed E-state index contributed by atoms with van der Waals surface area (Å²) in [6.07, 6.45) is 5.22. The Bertz CT molecular complexity index is 766. The van der Waals surface area contributed by atoms with Gasteiger partial charge < -0.3 is 9.84 Å². The van der Waals surface area contributed by atoms with Crippen molar-refractivity contribution in [2.75, 3.05) is 7.11 Å². The fourth-order valence-electron chi connectivity index (χ4n) is 3.04. The Balaban J connectivity index is 2.70. The van der Waals surface area contributed by atoms with Crippen molar-refractivity contribution in [1.82, 2.24) is 0 Å². The van der Waals surface area contributed by atoms with Gasteiger partial charge in [0, 0.05) is 17.5 Å². The maximum absolute atomic E-state index is 10.8. The minimum absolute atomic E-state index is 0.126. The van der Waals surface area contributed by atoms with Crippen LogP contribution in [0.5, 0.6) is 11.5 Å². The van der Waals surface area contributed by atoms with Gasteiger partial charge >= 0.3 is 0 Å². The average Bonchev–Trinajstić information content (AvgIpc) is 2.62. The van der Waals surface area contributed by atoms with Gasteiger partial charge in [-0.1, -0.05) is 53.6 Å². The van der Waals surface area contributed by atoms with E-state index in [0.29, 0.717) is 5.75 Å². The van der Waals surface area contributed by atoms with Gasteiger partial charge in [0.1, 0.15) is 11.5 Å². The normalized spacial score (nSPS) is 12.6. The Morgan fingerprint density at radius 1 is 1.12 bits per heavy atom. The van der Waals surface area contributed by atoms with Gasteiger partial charge in [-0.3, -0.25) is 0 Å². The van der Waals surface area contributed by atoms with Crippen molar-refractivity contribution in [2.45, 2.75) is 40.0 Å². The van der Waals surface area contributed by atoms with Crippen LogP contribution in [0.25, 0.3) is 11.1 Å². The molecule has 132 valence electrons. The molecule has 2 aromatic carbocycles. The van der Waals surface area contributed by atoms with Crippen LogP contribution in [0.15, 0.2) is 65.8 Å². The number of ether oxygens (including phenoxy) is 1. The van der Waals surface area contributed by atoms with Crippen LogP contribution in [0.1, 0.15) is 45.6 Å². The van der Waals surface area contributed by atoms with E-state index in [1.165, 1.54) is 11.1 Å². The molecule has 0 saturated heterocycles. The van der Waals surface area contributed by atoms with Crippen molar-refractivity contribution in [2.24, 2.45) is 0 Å². The lowest BCUT2D eigenvalue weighted by atomic mass is 9.83. The first kappa shape index (κ1) is 18.9. The second-order valence-corrected chi connectivity index (χ2v) is 6.58. The molecule has 0 spiro atoms. The van der Waals surface area contributed by atoms with Crippen LogP contribution in [0.3, 0.4) is 0 Å². The number of allylic oxidation sites excluding steroid dienone is 4. The lowest BCUT2D eigenvalue weighted by Crippen LogP contribution is -2.04. The number of methoxy groups -OCH3 is 1. The van der Waals surface area contributed by atoms with E-state index >= 15 is 0 Å². The molecule has 0 saturated carbocycles. The molecule has 1 N–H and O–H groups in total. The third kappa shape index (κ3) is 4.54. The first-order chi connectivity index (χ1) is 12.0. The summed E-state index contributed by atoms with van der Waals surface area (Å²) in [4.78, 5) is 0. The molecule has 25 heavy (non-hydrogen) atoms. The standard InChI is InChI=1S/C23H28O2/c1-6-17(4)20(13-12-16(2)3)23-21(18-10-8-7-9-11-18)14-19(25-5)15-22(23)24/h6-12,14-15,20,24H,13H2,1-5H3. The molecule has 2 aromatic rings. The highest BCUT2D eigenvalue weighted by atomic mass is 16.5. The number of benzene rings is 2. The summed E-state index contributed by atoms with van der Waals surface area (Å²) in [5.74, 6) is 1.08. The van der Waals surface area contributed by atoms with E-state index in [9.17, 15) is 5.11 Å². The Labute approximate surface area is 151 Å². The predicted molar refractivity (Wildman–Crippen MR) is 106 cm³/mol. The summed E-state index contributed by atoms with van der Waals surface area (Å²) in [6, 6.07) is 13.9. The topological polar surface area (TPSA) is 29.5 Å². The Hall–Kier alpha value is -2.48. The summed E-state index contributed by atoms with van der Waals surface area (Å²) in [5.41, 5.74) is 5.59. The number of hydrogen-bond acceptors (Lipinski definition) is 2. The van der Waals surface area contributed by atoms with E-state index in [2.05, 4.69) is 45.1 Å². The molecular formula is C23H28O2.